The topological polar surface area (TPSA) is 84.2 Å². The number of carbonyl (C=O) groups is 2. The summed E-state index contributed by atoms with van der Waals surface area (Å²) in [5, 5.41) is 14.7. The van der Waals surface area contributed by atoms with Gasteiger partial charge in [0.15, 0.2) is 5.82 Å². The lowest BCUT2D eigenvalue weighted by Crippen LogP contribution is -2.09. The average molecular weight is 209 g/mol. The summed E-state index contributed by atoms with van der Waals surface area (Å²) >= 11 is 0. The third kappa shape index (κ3) is 3.63. The van der Waals surface area contributed by atoms with Crippen LogP contribution in [0.25, 0.3) is 0 Å². The summed E-state index contributed by atoms with van der Waals surface area (Å²) in [6.45, 7) is 2.63. The predicted octanol–water partition coefficient (Wildman–Crippen LogP) is 0.482. The van der Waals surface area contributed by atoms with Gasteiger partial charge in [-0.2, -0.15) is 5.10 Å². The first-order valence-corrected chi connectivity index (χ1v) is 4.37. The van der Waals surface area contributed by atoms with Crippen LogP contribution in [0.3, 0.4) is 0 Å². The second-order valence-electron chi connectivity index (χ2n) is 2.72. The molecule has 15 heavy (non-hydrogen) atoms. The first kappa shape index (κ1) is 11.0. The van der Waals surface area contributed by atoms with E-state index in [2.05, 4.69) is 10.4 Å². The lowest BCUT2D eigenvalue weighted by Gasteiger charge is -1.96. The number of hydrogen-bond donors (Lipinski definition) is 2. The van der Waals surface area contributed by atoms with E-state index in [9.17, 15) is 9.59 Å². The molecule has 1 aromatic rings. The summed E-state index contributed by atoms with van der Waals surface area (Å²) < 4.78 is 1.65. The van der Waals surface area contributed by atoms with Gasteiger partial charge in [0, 0.05) is 31.0 Å². The maximum Gasteiger partial charge on any atom is 0.328 e. The van der Waals surface area contributed by atoms with E-state index in [1.54, 1.807) is 16.9 Å². The van der Waals surface area contributed by atoms with Gasteiger partial charge >= 0.3 is 5.97 Å². The van der Waals surface area contributed by atoms with E-state index in [-0.39, 0.29) is 0 Å². The van der Waals surface area contributed by atoms with Gasteiger partial charge in [-0.3, -0.25) is 9.48 Å². The molecule has 0 fully saturated rings. The molecule has 0 unspecified atom stereocenters. The van der Waals surface area contributed by atoms with Crippen LogP contribution in [0.2, 0.25) is 0 Å². The maximum absolute atomic E-state index is 11.1. The highest BCUT2D eigenvalue weighted by Crippen LogP contribution is 2.01. The molecule has 0 aliphatic heterocycles. The molecule has 1 aromatic heterocycles. The maximum atomic E-state index is 11.1. The Morgan fingerprint density at radius 1 is 1.60 bits per heavy atom. The van der Waals surface area contributed by atoms with Crippen molar-refractivity contribution in [3.63, 3.8) is 0 Å². The molecule has 1 heterocycles. The molecule has 1 amide bonds. The van der Waals surface area contributed by atoms with Crippen molar-refractivity contribution in [2.24, 2.45) is 0 Å². The zero-order valence-electron chi connectivity index (χ0n) is 8.17. The molecule has 0 saturated heterocycles. The van der Waals surface area contributed by atoms with Crippen molar-refractivity contribution in [1.29, 1.82) is 0 Å². The van der Waals surface area contributed by atoms with E-state index in [0.717, 1.165) is 12.2 Å². The fourth-order valence-electron chi connectivity index (χ4n) is 0.919. The number of nitrogens with zero attached hydrogens (tertiary/aromatic N) is 2. The third-order valence-electron chi connectivity index (χ3n) is 1.59. The van der Waals surface area contributed by atoms with Crippen LogP contribution in [0, 0.1) is 0 Å². The van der Waals surface area contributed by atoms with Crippen molar-refractivity contribution in [1.82, 2.24) is 9.78 Å². The zero-order chi connectivity index (χ0) is 11.3. The molecule has 1 rings (SSSR count). The fourth-order valence-corrected chi connectivity index (χ4v) is 0.919. The molecule has 0 saturated carbocycles. The van der Waals surface area contributed by atoms with Gasteiger partial charge < -0.3 is 10.4 Å². The second-order valence-corrected chi connectivity index (χ2v) is 2.72. The lowest BCUT2D eigenvalue weighted by molar-refractivity contribution is -0.131. The van der Waals surface area contributed by atoms with Crippen LogP contribution in [0.5, 0.6) is 0 Å². The van der Waals surface area contributed by atoms with Crippen molar-refractivity contribution in [3.8, 4) is 0 Å². The number of aromatic nitrogens is 2. The smallest absolute Gasteiger partial charge is 0.328 e. The van der Waals surface area contributed by atoms with Gasteiger partial charge in [0.2, 0.25) is 5.91 Å². The number of anilines is 1. The van der Waals surface area contributed by atoms with E-state index in [0.29, 0.717) is 12.4 Å². The second kappa shape index (κ2) is 4.94. The van der Waals surface area contributed by atoms with Gasteiger partial charge in [-0.15, -0.1) is 0 Å². The number of aryl methyl sites for hydroxylation is 1. The SMILES string of the molecule is CCn1ccc(NC(=O)/C=C\C(=O)O)n1. The molecule has 6 nitrogen and oxygen atoms in total. The highest BCUT2D eigenvalue weighted by molar-refractivity contribution is 6.01. The molecule has 0 aromatic carbocycles. The van der Waals surface area contributed by atoms with Crippen molar-refractivity contribution in [3.05, 3.63) is 24.4 Å². The molecule has 0 spiro atoms. The number of carboxylic acid groups (broad SMARTS) is 1. The summed E-state index contributed by atoms with van der Waals surface area (Å²) in [6, 6.07) is 1.63. The Labute approximate surface area is 86.2 Å². The first-order valence-electron chi connectivity index (χ1n) is 4.37. The van der Waals surface area contributed by atoms with Gasteiger partial charge in [-0.1, -0.05) is 0 Å². The highest BCUT2D eigenvalue weighted by atomic mass is 16.4. The van der Waals surface area contributed by atoms with Crippen LogP contribution in [-0.2, 0) is 16.1 Å². The molecule has 0 aliphatic rings. The number of nitrogens with one attached hydrogen (secondary N) is 1. The van der Waals surface area contributed by atoms with Gasteiger partial charge in [0.25, 0.3) is 0 Å². The van der Waals surface area contributed by atoms with Crippen molar-refractivity contribution >= 4 is 17.7 Å². The molecule has 0 atom stereocenters. The normalized spacial score (nSPS) is 10.5. The molecule has 80 valence electrons. The summed E-state index contributed by atoms with van der Waals surface area (Å²) in [5.74, 6) is -1.28. The Balaban J connectivity index is 2.54. The summed E-state index contributed by atoms with van der Waals surface area (Å²) in [6.07, 6.45) is 3.43. The van der Waals surface area contributed by atoms with E-state index in [1.165, 1.54) is 0 Å². The summed E-state index contributed by atoms with van der Waals surface area (Å²) in [5.41, 5.74) is 0. The quantitative estimate of drug-likeness (QED) is 0.706. The van der Waals surface area contributed by atoms with Crippen LogP contribution in [0.4, 0.5) is 5.82 Å². The van der Waals surface area contributed by atoms with Gasteiger partial charge in [0.1, 0.15) is 0 Å². The number of carboxylic acids is 1. The minimum atomic E-state index is -1.16. The van der Waals surface area contributed by atoms with Gasteiger partial charge in [0.05, 0.1) is 0 Å². The number of rotatable bonds is 4. The van der Waals surface area contributed by atoms with E-state index in [1.807, 2.05) is 6.92 Å². The van der Waals surface area contributed by atoms with Crippen molar-refractivity contribution in [2.75, 3.05) is 5.32 Å². The molecule has 0 radical (unpaired) electrons. The molecule has 6 heteroatoms. The Kier molecular flexibility index (Phi) is 3.61. The first-order chi connectivity index (χ1) is 7.11. The monoisotopic (exact) mass is 209 g/mol. The largest absolute Gasteiger partial charge is 0.478 e. The van der Waals surface area contributed by atoms with Crippen LogP contribution in [0.15, 0.2) is 24.4 Å². The minimum absolute atomic E-state index is 0.400. The Morgan fingerprint density at radius 2 is 2.33 bits per heavy atom. The van der Waals surface area contributed by atoms with E-state index in [4.69, 9.17) is 5.11 Å². The van der Waals surface area contributed by atoms with Crippen LogP contribution in [0.1, 0.15) is 6.92 Å². The number of amides is 1. The standard InChI is InChI=1S/C9H11N3O3/c1-2-12-6-5-7(11-12)10-8(13)3-4-9(14)15/h3-6H,2H2,1H3,(H,14,15)(H,10,11,13)/b4-3-. The fraction of sp³-hybridized carbons (Fsp3) is 0.222. The minimum Gasteiger partial charge on any atom is -0.478 e. The van der Waals surface area contributed by atoms with E-state index < -0.39 is 11.9 Å². The van der Waals surface area contributed by atoms with Crippen molar-refractivity contribution in [2.45, 2.75) is 13.5 Å². The molecule has 0 bridgehead atoms. The van der Waals surface area contributed by atoms with Crippen LogP contribution in [-0.4, -0.2) is 26.8 Å². The van der Waals surface area contributed by atoms with Crippen molar-refractivity contribution < 1.29 is 14.7 Å². The molecular weight excluding hydrogens is 198 g/mol. The molecular formula is C9H11N3O3. The predicted molar refractivity (Wildman–Crippen MR) is 53.3 cm³/mol. The Bertz CT molecular complexity index is 395. The highest BCUT2D eigenvalue weighted by Gasteiger charge is 2.01. The van der Waals surface area contributed by atoms with E-state index >= 15 is 0 Å². The van der Waals surface area contributed by atoms with Gasteiger partial charge in [-0.05, 0) is 6.92 Å². The third-order valence-corrected chi connectivity index (χ3v) is 1.59. The Hall–Kier alpha value is -2.11. The molecule has 2 N–H and O–H groups in total. The van der Waals surface area contributed by atoms with Gasteiger partial charge in [-0.25, -0.2) is 4.79 Å². The van der Waals surface area contributed by atoms with Crippen LogP contribution >= 0.6 is 0 Å². The number of aliphatic carboxylic acids is 1. The summed E-state index contributed by atoms with van der Waals surface area (Å²) in [7, 11) is 0. The average Bonchev–Trinajstić information content (AvgIpc) is 2.62. The Morgan fingerprint density at radius 3 is 2.87 bits per heavy atom. The number of carbonyl (C=O) groups excluding carboxylic acids is 1. The number of hydrogen-bond acceptors (Lipinski definition) is 3. The molecule has 0 aliphatic carbocycles. The van der Waals surface area contributed by atoms with Crippen LogP contribution < -0.4 is 5.32 Å². The zero-order valence-corrected chi connectivity index (χ0v) is 8.17. The summed E-state index contributed by atoms with van der Waals surface area (Å²) in [4.78, 5) is 21.2. The lowest BCUT2D eigenvalue weighted by atomic mass is 10.4.